The van der Waals surface area contributed by atoms with Crippen LogP contribution in [-0.4, -0.2) is 10.9 Å². The Morgan fingerprint density at radius 3 is 2.87 bits per heavy atom. The molecule has 76 valence electrons. The average molecular weight is 220 g/mol. The predicted molar refractivity (Wildman–Crippen MR) is 58.8 cm³/mol. The van der Waals surface area contributed by atoms with Crippen molar-refractivity contribution in [1.29, 1.82) is 0 Å². The van der Waals surface area contributed by atoms with Gasteiger partial charge in [0.05, 0.1) is 11.8 Å². The van der Waals surface area contributed by atoms with Gasteiger partial charge in [-0.25, -0.2) is 4.98 Å². The van der Waals surface area contributed by atoms with Crippen molar-refractivity contribution in [2.75, 3.05) is 0 Å². The molecule has 0 aliphatic rings. The van der Waals surface area contributed by atoms with Crippen LogP contribution in [-0.2, 0) is 11.2 Å². The number of nitrogens with zero attached hydrogens (tertiary/aromatic N) is 1. The number of amides is 1. The van der Waals surface area contributed by atoms with Gasteiger partial charge in [0.2, 0.25) is 5.91 Å². The summed E-state index contributed by atoms with van der Waals surface area (Å²) in [5.74, 6) is -0.478. The molecule has 2 N–H and O–H groups in total. The number of benzene rings is 1. The zero-order valence-corrected chi connectivity index (χ0v) is 8.58. The Kier molecular flexibility index (Phi) is 2.47. The van der Waals surface area contributed by atoms with Crippen molar-refractivity contribution in [3.63, 3.8) is 0 Å². The molecule has 1 aromatic carbocycles. The van der Waals surface area contributed by atoms with E-state index in [1.54, 1.807) is 12.1 Å². The van der Waals surface area contributed by atoms with Gasteiger partial charge < -0.3 is 5.73 Å². The molecule has 2 aromatic rings. The Balaban J connectivity index is 2.62. The first kappa shape index (κ1) is 9.79. The van der Waals surface area contributed by atoms with Crippen molar-refractivity contribution < 1.29 is 4.79 Å². The number of nitrogens with two attached hydrogens (primary N) is 1. The summed E-state index contributed by atoms with van der Waals surface area (Å²) >= 11 is 1.32. The lowest BCUT2D eigenvalue weighted by Crippen LogP contribution is -2.16. The minimum absolute atomic E-state index is 0.0186. The third kappa shape index (κ3) is 2.02. The van der Waals surface area contributed by atoms with E-state index >= 15 is 0 Å². The van der Waals surface area contributed by atoms with Gasteiger partial charge in [-0.15, -0.1) is 11.3 Å². The van der Waals surface area contributed by atoms with Crippen LogP contribution in [0.25, 0.3) is 10.1 Å². The van der Waals surface area contributed by atoms with Crippen molar-refractivity contribution in [3.05, 3.63) is 39.6 Å². The van der Waals surface area contributed by atoms with Crippen molar-refractivity contribution in [2.24, 2.45) is 5.73 Å². The van der Waals surface area contributed by atoms with E-state index in [-0.39, 0.29) is 12.0 Å². The monoisotopic (exact) mass is 220 g/mol. The standard InChI is InChI=1S/C10H8N2O2S/c11-8(13)5-9-12-10(14)6-3-1-2-4-7(6)15-9/h1-4H,5H2,(H2,11,13). The average Bonchev–Trinajstić information content (AvgIpc) is 2.16. The summed E-state index contributed by atoms with van der Waals surface area (Å²) in [6.45, 7) is 0. The number of fused-ring (bicyclic) bond motifs is 1. The molecule has 4 nitrogen and oxygen atoms in total. The normalized spacial score (nSPS) is 10.4. The van der Waals surface area contributed by atoms with Crippen LogP contribution in [0.2, 0.25) is 0 Å². The molecule has 0 bridgehead atoms. The lowest BCUT2D eigenvalue weighted by atomic mass is 10.3. The van der Waals surface area contributed by atoms with Crippen molar-refractivity contribution in [1.82, 2.24) is 4.98 Å². The molecule has 0 fully saturated rings. The van der Waals surface area contributed by atoms with Crippen LogP contribution in [0.4, 0.5) is 0 Å². The van der Waals surface area contributed by atoms with Gasteiger partial charge in [-0.3, -0.25) is 9.59 Å². The van der Waals surface area contributed by atoms with Gasteiger partial charge in [-0.2, -0.15) is 0 Å². The van der Waals surface area contributed by atoms with Gasteiger partial charge in [-0.1, -0.05) is 12.1 Å². The summed E-state index contributed by atoms with van der Waals surface area (Å²) in [6, 6.07) is 7.17. The zero-order valence-electron chi connectivity index (χ0n) is 7.77. The molecular weight excluding hydrogens is 212 g/mol. The lowest BCUT2D eigenvalue weighted by Gasteiger charge is -1.98. The smallest absolute Gasteiger partial charge is 0.279 e. The van der Waals surface area contributed by atoms with E-state index in [9.17, 15) is 9.59 Å². The largest absolute Gasteiger partial charge is 0.369 e. The maximum atomic E-state index is 11.5. The summed E-state index contributed by atoms with van der Waals surface area (Å²) in [6.07, 6.45) is 0.0186. The van der Waals surface area contributed by atoms with E-state index in [0.717, 1.165) is 4.70 Å². The molecule has 1 amide bonds. The van der Waals surface area contributed by atoms with Crippen molar-refractivity contribution in [2.45, 2.75) is 6.42 Å². The van der Waals surface area contributed by atoms with Gasteiger partial charge in [0.25, 0.3) is 5.56 Å². The van der Waals surface area contributed by atoms with Crippen molar-refractivity contribution >= 4 is 27.3 Å². The number of carbonyl (C=O) groups is 1. The Morgan fingerprint density at radius 1 is 1.40 bits per heavy atom. The van der Waals surface area contributed by atoms with Crippen LogP contribution in [0, 0.1) is 0 Å². The quantitative estimate of drug-likeness (QED) is 0.809. The Labute approximate surface area is 89.4 Å². The van der Waals surface area contributed by atoms with E-state index in [1.807, 2.05) is 12.1 Å². The van der Waals surface area contributed by atoms with Gasteiger partial charge in [0.1, 0.15) is 5.01 Å². The molecule has 0 spiro atoms. The molecule has 15 heavy (non-hydrogen) atoms. The molecule has 0 aliphatic carbocycles. The first-order valence-corrected chi connectivity index (χ1v) is 5.15. The van der Waals surface area contributed by atoms with E-state index in [4.69, 9.17) is 5.73 Å². The van der Waals surface area contributed by atoms with E-state index < -0.39 is 5.91 Å². The molecule has 0 radical (unpaired) electrons. The van der Waals surface area contributed by atoms with E-state index in [2.05, 4.69) is 4.98 Å². The predicted octanol–water partition coefficient (Wildman–Crippen LogP) is 0.684. The fourth-order valence-corrected chi connectivity index (χ4v) is 2.29. The Hall–Kier alpha value is -1.75. The summed E-state index contributed by atoms with van der Waals surface area (Å²) in [5, 5.41) is 1.04. The maximum absolute atomic E-state index is 11.5. The summed E-state index contributed by atoms with van der Waals surface area (Å²) in [7, 11) is 0. The third-order valence-electron chi connectivity index (χ3n) is 1.90. The number of rotatable bonds is 2. The Morgan fingerprint density at radius 2 is 2.13 bits per heavy atom. The van der Waals surface area contributed by atoms with Crippen LogP contribution in [0.15, 0.2) is 29.1 Å². The molecule has 0 saturated heterocycles. The summed E-state index contributed by atoms with van der Waals surface area (Å²) in [4.78, 5) is 26.0. The zero-order chi connectivity index (χ0) is 10.8. The minimum atomic E-state index is -0.478. The van der Waals surface area contributed by atoms with Crippen LogP contribution < -0.4 is 11.3 Å². The molecular formula is C10H8N2O2S. The highest BCUT2D eigenvalue weighted by Crippen LogP contribution is 2.16. The van der Waals surface area contributed by atoms with Gasteiger partial charge in [-0.05, 0) is 12.1 Å². The first-order valence-electron chi connectivity index (χ1n) is 4.34. The fourth-order valence-electron chi connectivity index (χ4n) is 1.28. The topological polar surface area (TPSA) is 73.1 Å². The molecule has 0 unspecified atom stereocenters. The summed E-state index contributed by atoms with van der Waals surface area (Å²) < 4.78 is 0.828. The van der Waals surface area contributed by atoms with E-state index in [1.165, 1.54) is 11.3 Å². The first-order chi connectivity index (χ1) is 7.16. The molecule has 2 rings (SSSR count). The van der Waals surface area contributed by atoms with Crippen LogP contribution >= 0.6 is 11.3 Å². The number of aromatic nitrogens is 1. The minimum Gasteiger partial charge on any atom is -0.369 e. The molecule has 5 heteroatoms. The highest BCUT2D eigenvalue weighted by molar-refractivity contribution is 7.18. The SMILES string of the molecule is NC(=O)Cc1nc(=O)c2ccccc2s1. The number of primary amides is 1. The lowest BCUT2D eigenvalue weighted by molar-refractivity contribution is -0.117. The maximum Gasteiger partial charge on any atom is 0.279 e. The van der Waals surface area contributed by atoms with Gasteiger partial charge in [0, 0.05) is 4.70 Å². The number of carbonyl (C=O) groups excluding carboxylic acids is 1. The second-order valence-corrected chi connectivity index (χ2v) is 4.17. The Bertz CT molecular complexity index is 577. The van der Waals surface area contributed by atoms with Crippen molar-refractivity contribution in [3.8, 4) is 0 Å². The highest BCUT2D eigenvalue weighted by atomic mass is 32.1. The third-order valence-corrected chi connectivity index (χ3v) is 2.94. The fraction of sp³-hybridized carbons (Fsp3) is 0.100. The van der Waals surface area contributed by atoms with Crippen LogP contribution in [0.3, 0.4) is 0 Å². The summed E-state index contributed by atoms with van der Waals surface area (Å²) in [5.41, 5.74) is 4.74. The highest BCUT2D eigenvalue weighted by Gasteiger charge is 2.05. The van der Waals surface area contributed by atoms with Crippen LogP contribution in [0.5, 0.6) is 0 Å². The number of hydrogen-bond donors (Lipinski definition) is 1. The van der Waals surface area contributed by atoms with Gasteiger partial charge in [0.15, 0.2) is 0 Å². The second-order valence-electron chi connectivity index (χ2n) is 3.05. The molecule has 0 saturated carbocycles. The van der Waals surface area contributed by atoms with Gasteiger partial charge >= 0.3 is 0 Å². The molecule has 0 aliphatic heterocycles. The molecule has 1 heterocycles. The molecule has 0 atom stereocenters. The number of hydrogen-bond acceptors (Lipinski definition) is 4. The van der Waals surface area contributed by atoms with E-state index in [0.29, 0.717) is 10.4 Å². The van der Waals surface area contributed by atoms with Crippen LogP contribution in [0.1, 0.15) is 5.01 Å². The molecule has 1 aromatic heterocycles. The second kappa shape index (κ2) is 3.78.